The zero-order chi connectivity index (χ0) is 20.0. The molecule has 2 aromatic carbocycles. The van der Waals surface area contributed by atoms with Crippen LogP contribution in [-0.4, -0.2) is 29.3 Å². The van der Waals surface area contributed by atoms with Crippen LogP contribution in [0.1, 0.15) is 56.1 Å². The maximum absolute atomic E-state index is 12.6. The number of hydrogen-bond donors (Lipinski definition) is 1. The summed E-state index contributed by atoms with van der Waals surface area (Å²) >= 11 is 0. The highest BCUT2D eigenvalue weighted by Gasteiger charge is 2.19. The van der Waals surface area contributed by atoms with Gasteiger partial charge in [0.1, 0.15) is 0 Å². The molecule has 4 nitrogen and oxygen atoms in total. The molecule has 2 aromatic rings. The molecule has 4 heteroatoms. The summed E-state index contributed by atoms with van der Waals surface area (Å²) in [5.41, 5.74) is 2.85. The molecular formula is C23H30N2O2. The van der Waals surface area contributed by atoms with Gasteiger partial charge in [0.05, 0.1) is 6.54 Å². The monoisotopic (exact) mass is 366 g/mol. The number of carbonyl (C=O) groups excluding carboxylic acids is 2. The number of nitrogens with zero attached hydrogens (tertiary/aromatic N) is 1. The number of carbonyl (C=O) groups is 2. The zero-order valence-corrected chi connectivity index (χ0v) is 17.0. The van der Waals surface area contributed by atoms with Crippen molar-refractivity contribution in [2.24, 2.45) is 0 Å². The van der Waals surface area contributed by atoms with E-state index in [2.05, 4.69) is 26.1 Å². The molecule has 0 unspecified atom stereocenters. The summed E-state index contributed by atoms with van der Waals surface area (Å²) in [4.78, 5) is 26.8. The summed E-state index contributed by atoms with van der Waals surface area (Å²) in [5.74, 6) is -0.319. The van der Waals surface area contributed by atoms with Gasteiger partial charge in [-0.05, 0) is 42.5 Å². The predicted octanol–water partition coefficient (Wildman–Crippen LogP) is 4.15. The Morgan fingerprint density at radius 1 is 0.963 bits per heavy atom. The summed E-state index contributed by atoms with van der Waals surface area (Å²) in [7, 11) is 0. The predicted molar refractivity (Wildman–Crippen MR) is 110 cm³/mol. The standard InChI is InChI=1S/C23H30N2O2/c1-17(2)25(16-18-9-7-6-8-10-18)21(26)15-24-22(27)19-11-13-20(14-12-19)23(3,4)5/h6-14,17H,15-16H2,1-5H3,(H,24,27). The van der Waals surface area contributed by atoms with Gasteiger partial charge in [-0.1, -0.05) is 63.2 Å². The van der Waals surface area contributed by atoms with E-state index in [1.807, 2.05) is 68.4 Å². The maximum Gasteiger partial charge on any atom is 0.251 e. The van der Waals surface area contributed by atoms with Crippen LogP contribution in [0.4, 0.5) is 0 Å². The van der Waals surface area contributed by atoms with Gasteiger partial charge in [-0.15, -0.1) is 0 Å². The van der Waals surface area contributed by atoms with Crippen LogP contribution in [0, 0.1) is 0 Å². The smallest absolute Gasteiger partial charge is 0.251 e. The highest BCUT2D eigenvalue weighted by Crippen LogP contribution is 2.22. The van der Waals surface area contributed by atoms with Gasteiger partial charge in [0.2, 0.25) is 5.91 Å². The SMILES string of the molecule is CC(C)N(Cc1ccccc1)C(=O)CNC(=O)c1ccc(C(C)(C)C)cc1. The topological polar surface area (TPSA) is 49.4 Å². The molecule has 0 saturated carbocycles. The van der Waals surface area contributed by atoms with Gasteiger partial charge in [-0.3, -0.25) is 9.59 Å². The first-order valence-corrected chi connectivity index (χ1v) is 9.40. The van der Waals surface area contributed by atoms with Crippen molar-refractivity contribution in [2.75, 3.05) is 6.54 Å². The zero-order valence-electron chi connectivity index (χ0n) is 17.0. The van der Waals surface area contributed by atoms with Gasteiger partial charge in [-0.25, -0.2) is 0 Å². The van der Waals surface area contributed by atoms with E-state index in [-0.39, 0.29) is 29.8 Å². The molecule has 0 aliphatic rings. The second-order valence-corrected chi connectivity index (χ2v) is 8.11. The van der Waals surface area contributed by atoms with E-state index in [4.69, 9.17) is 0 Å². The quantitative estimate of drug-likeness (QED) is 0.835. The van der Waals surface area contributed by atoms with Crippen LogP contribution in [0.2, 0.25) is 0 Å². The van der Waals surface area contributed by atoms with E-state index >= 15 is 0 Å². The molecular weight excluding hydrogens is 336 g/mol. The van der Waals surface area contributed by atoms with Crippen LogP contribution in [-0.2, 0) is 16.8 Å². The van der Waals surface area contributed by atoms with Crippen molar-refractivity contribution in [1.82, 2.24) is 10.2 Å². The lowest BCUT2D eigenvalue weighted by Gasteiger charge is -2.27. The second kappa shape index (κ2) is 8.85. The number of benzene rings is 2. The van der Waals surface area contributed by atoms with Crippen LogP contribution in [0.25, 0.3) is 0 Å². The Hall–Kier alpha value is -2.62. The van der Waals surface area contributed by atoms with Gasteiger partial charge < -0.3 is 10.2 Å². The summed E-state index contributed by atoms with van der Waals surface area (Å²) in [6, 6.07) is 17.5. The fourth-order valence-electron chi connectivity index (χ4n) is 2.82. The summed E-state index contributed by atoms with van der Waals surface area (Å²) in [6.45, 7) is 10.9. The number of hydrogen-bond acceptors (Lipinski definition) is 2. The molecule has 0 fully saturated rings. The molecule has 2 amide bonds. The van der Waals surface area contributed by atoms with Gasteiger partial charge >= 0.3 is 0 Å². The van der Waals surface area contributed by atoms with Crippen molar-refractivity contribution >= 4 is 11.8 Å². The Morgan fingerprint density at radius 3 is 2.07 bits per heavy atom. The van der Waals surface area contributed by atoms with E-state index in [1.165, 1.54) is 5.56 Å². The summed E-state index contributed by atoms with van der Waals surface area (Å²) in [6.07, 6.45) is 0. The van der Waals surface area contributed by atoms with E-state index < -0.39 is 0 Å². The lowest BCUT2D eigenvalue weighted by atomic mass is 9.87. The van der Waals surface area contributed by atoms with Crippen molar-refractivity contribution < 1.29 is 9.59 Å². The maximum atomic E-state index is 12.6. The number of nitrogens with one attached hydrogen (secondary N) is 1. The molecule has 1 N–H and O–H groups in total. The minimum atomic E-state index is -0.229. The molecule has 27 heavy (non-hydrogen) atoms. The molecule has 0 aromatic heterocycles. The molecule has 0 spiro atoms. The first kappa shape index (κ1) is 20.7. The van der Waals surface area contributed by atoms with Crippen molar-refractivity contribution in [3.05, 3.63) is 71.3 Å². The highest BCUT2D eigenvalue weighted by molar-refractivity contribution is 5.96. The normalized spacial score (nSPS) is 11.3. The number of amides is 2. The molecule has 0 bridgehead atoms. The first-order chi connectivity index (χ1) is 12.7. The highest BCUT2D eigenvalue weighted by atomic mass is 16.2. The molecule has 0 radical (unpaired) electrons. The van der Waals surface area contributed by atoms with Gasteiger partial charge in [0.15, 0.2) is 0 Å². The molecule has 0 saturated heterocycles. The molecule has 144 valence electrons. The first-order valence-electron chi connectivity index (χ1n) is 9.40. The van der Waals surface area contributed by atoms with Crippen molar-refractivity contribution in [1.29, 1.82) is 0 Å². The average Bonchev–Trinajstić information content (AvgIpc) is 2.64. The Kier molecular flexibility index (Phi) is 6.78. The van der Waals surface area contributed by atoms with Crippen LogP contribution < -0.4 is 5.32 Å². The lowest BCUT2D eigenvalue weighted by Crippen LogP contribution is -2.43. The minimum absolute atomic E-state index is 0.00906. The molecule has 2 rings (SSSR count). The second-order valence-electron chi connectivity index (χ2n) is 8.11. The Labute approximate surface area is 162 Å². The van der Waals surface area contributed by atoms with Crippen LogP contribution >= 0.6 is 0 Å². The minimum Gasteiger partial charge on any atom is -0.343 e. The van der Waals surface area contributed by atoms with Gasteiger partial charge in [-0.2, -0.15) is 0 Å². The van der Waals surface area contributed by atoms with E-state index in [0.29, 0.717) is 12.1 Å². The molecule has 0 heterocycles. The number of rotatable bonds is 6. The lowest BCUT2D eigenvalue weighted by molar-refractivity contribution is -0.132. The van der Waals surface area contributed by atoms with Crippen LogP contribution in [0.15, 0.2) is 54.6 Å². The van der Waals surface area contributed by atoms with Crippen molar-refractivity contribution in [2.45, 2.75) is 52.6 Å². The van der Waals surface area contributed by atoms with E-state index in [0.717, 1.165) is 5.56 Å². The van der Waals surface area contributed by atoms with Crippen molar-refractivity contribution in [3.8, 4) is 0 Å². The fourth-order valence-corrected chi connectivity index (χ4v) is 2.82. The van der Waals surface area contributed by atoms with E-state index in [1.54, 1.807) is 4.90 Å². The molecule has 0 aliphatic heterocycles. The average molecular weight is 367 g/mol. The Morgan fingerprint density at radius 2 is 1.56 bits per heavy atom. The fraction of sp³-hybridized carbons (Fsp3) is 0.391. The Balaban J connectivity index is 1.97. The van der Waals surface area contributed by atoms with Gasteiger partial charge in [0.25, 0.3) is 5.91 Å². The van der Waals surface area contributed by atoms with Crippen LogP contribution in [0.5, 0.6) is 0 Å². The third-order valence-corrected chi connectivity index (χ3v) is 4.55. The molecule has 0 atom stereocenters. The van der Waals surface area contributed by atoms with Crippen molar-refractivity contribution in [3.63, 3.8) is 0 Å². The third kappa shape index (κ3) is 5.95. The van der Waals surface area contributed by atoms with Crippen LogP contribution in [0.3, 0.4) is 0 Å². The Bertz CT molecular complexity index is 759. The third-order valence-electron chi connectivity index (χ3n) is 4.55. The van der Waals surface area contributed by atoms with E-state index in [9.17, 15) is 9.59 Å². The van der Waals surface area contributed by atoms with Gasteiger partial charge in [0, 0.05) is 18.2 Å². The largest absolute Gasteiger partial charge is 0.343 e. The molecule has 0 aliphatic carbocycles. The summed E-state index contributed by atoms with van der Waals surface area (Å²) < 4.78 is 0. The summed E-state index contributed by atoms with van der Waals surface area (Å²) in [5, 5.41) is 2.75.